The Bertz CT molecular complexity index is 627. The monoisotopic (exact) mass is 301 g/mol. The lowest BCUT2D eigenvalue weighted by atomic mass is 10.2. The Morgan fingerprint density at radius 1 is 1.45 bits per heavy atom. The maximum absolute atomic E-state index is 12.4. The highest BCUT2D eigenvalue weighted by Gasteiger charge is 2.31. The number of hydrogen-bond acceptors (Lipinski definition) is 5. The SMILES string of the molecule is CC(CN(C)S(=O)(=O)c1cccc2c1OCO2)C(=O)O. The van der Waals surface area contributed by atoms with Crippen molar-refractivity contribution in [3.8, 4) is 11.5 Å². The number of para-hydroxylation sites is 1. The largest absolute Gasteiger partial charge is 0.481 e. The summed E-state index contributed by atoms with van der Waals surface area (Å²) in [7, 11) is -2.49. The molecule has 0 spiro atoms. The van der Waals surface area contributed by atoms with Crippen LogP contribution in [0.5, 0.6) is 11.5 Å². The van der Waals surface area contributed by atoms with E-state index in [2.05, 4.69) is 0 Å². The van der Waals surface area contributed by atoms with Crippen LogP contribution in [0.15, 0.2) is 23.1 Å². The van der Waals surface area contributed by atoms with Crippen molar-refractivity contribution < 1.29 is 27.8 Å². The Balaban J connectivity index is 2.31. The maximum Gasteiger partial charge on any atom is 0.307 e. The summed E-state index contributed by atoms with van der Waals surface area (Å²) in [5, 5.41) is 8.86. The molecule has 1 aliphatic heterocycles. The molecule has 1 aromatic rings. The van der Waals surface area contributed by atoms with Crippen molar-refractivity contribution in [2.24, 2.45) is 5.92 Å². The van der Waals surface area contributed by atoms with Crippen molar-refractivity contribution >= 4 is 16.0 Å². The number of hydrogen-bond donors (Lipinski definition) is 1. The van der Waals surface area contributed by atoms with Gasteiger partial charge in [0.25, 0.3) is 0 Å². The van der Waals surface area contributed by atoms with Crippen LogP contribution in [0.2, 0.25) is 0 Å². The van der Waals surface area contributed by atoms with Gasteiger partial charge in [-0.1, -0.05) is 13.0 Å². The molecule has 8 heteroatoms. The third kappa shape index (κ3) is 2.56. The molecule has 0 aromatic heterocycles. The second kappa shape index (κ2) is 5.29. The van der Waals surface area contributed by atoms with E-state index in [0.29, 0.717) is 5.75 Å². The normalized spacial score (nSPS) is 15.3. The van der Waals surface area contributed by atoms with Gasteiger partial charge in [-0.15, -0.1) is 0 Å². The molecule has 1 aromatic carbocycles. The molecular formula is C12H15NO6S. The van der Waals surface area contributed by atoms with Crippen molar-refractivity contribution in [1.82, 2.24) is 4.31 Å². The Hall–Kier alpha value is -1.80. The third-order valence-corrected chi connectivity index (χ3v) is 4.85. The molecule has 1 heterocycles. The van der Waals surface area contributed by atoms with E-state index >= 15 is 0 Å². The van der Waals surface area contributed by atoms with Crippen molar-refractivity contribution in [2.45, 2.75) is 11.8 Å². The summed E-state index contributed by atoms with van der Waals surface area (Å²) in [6.45, 7) is 1.29. The van der Waals surface area contributed by atoms with Crippen LogP contribution < -0.4 is 9.47 Å². The van der Waals surface area contributed by atoms with Gasteiger partial charge in [0, 0.05) is 13.6 Å². The van der Waals surface area contributed by atoms with Crippen LogP contribution in [0.25, 0.3) is 0 Å². The lowest BCUT2D eigenvalue weighted by Gasteiger charge is -2.19. The average Bonchev–Trinajstić information content (AvgIpc) is 2.85. The van der Waals surface area contributed by atoms with Crippen LogP contribution in [0.1, 0.15) is 6.92 Å². The zero-order valence-electron chi connectivity index (χ0n) is 11.1. The number of carbonyl (C=O) groups is 1. The second-order valence-corrected chi connectivity index (χ2v) is 6.53. The van der Waals surface area contributed by atoms with Crippen LogP contribution in [-0.2, 0) is 14.8 Å². The van der Waals surface area contributed by atoms with Crippen molar-refractivity contribution in [3.05, 3.63) is 18.2 Å². The summed E-state index contributed by atoms with van der Waals surface area (Å²) < 4.78 is 36.2. The Morgan fingerprint density at radius 3 is 2.80 bits per heavy atom. The first-order chi connectivity index (χ1) is 9.34. The number of fused-ring (bicyclic) bond motifs is 1. The van der Waals surface area contributed by atoms with Crippen molar-refractivity contribution in [1.29, 1.82) is 0 Å². The minimum atomic E-state index is -3.83. The van der Waals surface area contributed by atoms with Crippen LogP contribution in [-0.4, -0.2) is 44.2 Å². The molecule has 1 N–H and O–H groups in total. The quantitative estimate of drug-likeness (QED) is 0.863. The number of aliphatic carboxylic acids is 1. The van der Waals surface area contributed by atoms with E-state index in [4.69, 9.17) is 14.6 Å². The summed E-state index contributed by atoms with van der Waals surface area (Å²) >= 11 is 0. The lowest BCUT2D eigenvalue weighted by Crippen LogP contribution is -2.33. The Kier molecular flexibility index (Phi) is 3.87. The fraction of sp³-hybridized carbons (Fsp3) is 0.417. The van der Waals surface area contributed by atoms with E-state index in [1.807, 2.05) is 0 Å². The van der Waals surface area contributed by atoms with E-state index in [1.54, 1.807) is 12.1 Å². The maximum atomic E-state index is 12.4. The van der Waals surface area contributed by atoms with Gasteiger partial charge in [-0.2, -0.15) is 4.31 Å². The molecule has 0 fully saturated rings. The molecule has 0 saturated carbocycles. The highest BCUT2D eigenvalue weighted by molar-refractivity contribution is 7.89. The standard InChI is InChI=1S/C12H15NO6S/c1-8(12(14)15)6-13(2)20(16,17)10-5-3-4-9-11(10)19-7-18-9/h3-5,8H,6-7H2,1-2H3,(H,14,15). The van der Waals surface area contributed by atoms with Crippen LogP contribution >= 0.6 is 0 Å². The second-order valence-electron chi connectivity index (χ2n) is 4.51. The number of nitrogens with zero attached hydrogens (tertiary/aromatic N) is 1. The zero-order chi connectivity index (χ0) is 14.9. The van der Waals surface area contributed by atoms with Crippen molar-refractivity contribution in [3.63, 3.8) is 0 Å². The zero-order valence-corrected chi connectivity index (χ0v) is 11.9. The predicted molar refractivity (Wildman–Crippen MR) is 69.2 cm³/mol. The fourth-order valence-electron chi connectivity index (χ4n) is 1.84. The third-order valence-electron chi connectivity index (χ3n) is 3.00. The first-order valence-electron chi connectivity index (χ1n) is 5.92. The molecule has 110 valence electrons. The average molecular weight is 301 g/mol. The van der Waals surface area contributed by atoms with Crippen molar-refractivity contribution in [2.75, 3.05) is 20.4 Å². The predicted octanol–water partition coefficient (Wildman–Crippen LogP) is 0.757. The summed E-state index contributed by atoms with van der Waals surface area (Å²) in [5.41, 5.74) is 0. The molecule has 1 atom stereocenters. The topological polar surface area (TPSA) is 93.1 Å². The van der Waals surface area contributed by atoms with Gasteiger partial charge in [0.2, 0.25) is 16.8 Å². The van der Waals surface area contributed by atoms with Crippen LogP contribution in [0.3, 0.4) is 0 Å². The number of ether oxygens (including phenoxy) is 2. The smallest absolute Gasteiger partial charge is 0.307 e. The Labute approximate surface area is 116 Å². The first kappa shape index (κ1) is 14.6. The molecule has 0 saturated heterocycles. The Morgan fingerprint density at radius 2 is 2.15 bits per heavy atom. The fourth-order valence-corrected chi connectivity index (χ4v) is 3.24. The summed E-state index contributed by atoms with van der Waals surface area (Å²) in [5.74, 6) is -1.32. The van der Waals surface area contributed by atoms with Crippen LogP contribution in [0.4, 0.5) is 0 Å². The summed E-state index contributed by atoms with van der Waals surface area (Å²) in [6.07, 6.45) is 0. The molecular weight excluding hydrogens is 286 g/mol. The molecule has 0 amide bonds. The number of sulfonamides is 1. The molecule has 0 bridgehead atoms. The molecule has 7 nitrogen and oxygen atoms in total. The van der Waals surface area contributed by atoms with Gasteiger partial charge < -0.3 is 14.6 Å². The first-order valence-corrected chi connectivity index (χ1v) is 7.36. The minimum absolute atomic E-state index is 0.0208. The van der Waals surface area contributed by atoms with Gasteiger partial charge in [-0.25, -0.2) is 8.42 Å². The lowest BCUT2D eigenvalue weighted by molar-refractivity contribution is -0.141. The number of rotatable bonds is 5. The van der Waals surface area contributed by atoms with E-state index in [9.17, 15) is 13.2 Å². The molecule has 1 unspecified atom stereocenters. The highest BCUT2D eigenvalue weighted by atomic mass is 32.2. The highest BCUT2D eigenvalue weighted by Crippen LogP contribution is 2.38. The minimum Gasteiger partial charge on any atom is -0.481 e. The molecule has 20 heavy (non-hydrogen) atoms. The van der Waals surface area contributed by atoms with Gasteiger partial charge in [0.05, 0.1) is 5.92 Å². The van der Waals surface area contributed by atoms with Gasteiger partial charge in [0.15, 0.2) is 11.5 Å². The van der Waals surface area contributed by atoms with Gasteiger partial charge in [0.1, 0.15) is 4.90 Å². The molecule has 0 radical (unpaired) electrons. The van der Waals surface area contributed by atoms with E-state index in [-0.39, 0.29) is 24.0 Å². The molecule has 0 aliphatic carbocycles. The van der Waals surface area contributed by atoms with Crippen LogP contribution in [0, 0.1) is 5.92 Å². The summed E-state index contributed by atoms with van der Waals surface area (Å²) in [4.78, 5) is 10.8. The van der Waals surface area contributed by atoms with E-state index < -0.39 is 21.9 Å². The van der Waals surface area contributed by atoms with E-state index in [0.717, 1.165) is 4.31 Å². The van der Waals surface area contributed by atoms with Gasteiger partial charge in [-0.05, 0) is 12.1 Å². The van der Waals surface area contributed by atoms with Gasteiger partial charge >= 0.3 is 5.97 Å². The summed E-state index contributed by atoms with van der Waals surface area (Å²) in [6, 6.07) is 4.57. The van der Waals surface area contributed by atoms with E-state index in [1.165, 1.54) is 20.0 Å². The van der Waals surface area contributed by atoms with Gasteiger partial charge in [-0.3, -0.25) is 4.79 Å². The molecule has 2 rings (SSSR count). The molecule has 1 aliphatic rings. The number of carboxylic acids is 1. The number of carboxylic acid groups (broad SMARTS) is 1. The number of benzene rings is 1.